The molecule has 8 heteroatoms. The van der Waals surface area contributed by atoms with Crippen LogP contribution in [-0.4, -0.2) is 54.8 Å². The molecule has 0 radical (unpaired) electrons. The second kappa shape index (κ2) is 8.22. The molecule has 31 heavy (non-hydrogen) atoms. The molecule has 5 rings (SSSR count). The molecule has 0 atom stereocenters. The lowest BCUT2D eigenvalue weighted by atomic mass is 10.0. The Balaban J connectivity index is 1.48. The molecule has 0 bridgehead atoms. The molecule has 0 spiro atoms. The molecular weight excluding hydrogens is 394 g/mol. The normalized spacial score (nSPS) is 17.5. The molecule has 3 N–H and O–H groups in total. The average Bonchev–Trinajstić information content (AvgIpc) is 3.15. The number of H-pyrrole nitrogens is 1. The minimum Gasteiger partial charge on any atom is -0.484 e. The number of fused-ring (bicyclic) bond motifs is 1. The van der Waals surface area contributed by atoms with Crippen molar-refractivity contribution in [2.24, 2.45) is 10.7 Å². The molecule has 2 saturated heterocycles. The number of ether oxygens (including phenoxy) is 3. The van der Waals surface area contributed by atoms with E-state index in [1.165, 1.54) is 6.20 Å². The maximum absolute atomic E-state index is 9.61. The zero-order valence-corrected chi connectivity index (χ0v) is 16.7. The third kappa shape index (κ3) is 3.77. The zero-order valence-electron chi connectivity index (χ0n) is 16.7. The molecular formula is C23H21N5O3. The van der Waals surface area contributed by atoms with Crippen molar-refractivity contribution in [3.05, 3.63) is 54.0 Å². The minimum atomic E-state index is 0.00688. The Hall–Kier alpha value is -3.67. The lowest BCUT2D eigenvalue weighted by Crippen LogP contribution is -2.38. The third-order valence-corrected chi connectivity index (χ3v) is 5.40. The number of nitrogens with two attached hydrogens (primary N) is 1. The van der Waals surface area contributed by atoms with Gasteiger partial charge in [-0.3, -0.25) is 4.99 Å². The summed E-state index contributed by atoms with van der Waals surface area (Å²) in [6.45, 7) is 2.39. The highest BCUT2D eigenvalue weighted by molar-refractivity contribution is 6.11. The molecule has 0 saturated carbocycles. The summed E-state index contributed by atoms with van der Waals surface area (Å²) in [5.41, 5.74) is 10.6. The summed E-state index contributed by atoms with van der Waals surface area (Å²) in [7, 11) is 0. The second-order valence-electron chi connectivity index (χ2n) is 7.51. The molecule has 0 amide bonds. The van der Waals surface area contributed by atoms with Crippen LogP contribution in [0.2, 0.25) is 0 Å². The van der Waals surface area contributed by atoms with Gasteiger partial charge in [-0.15, -0.1) is 0 Å². The fourth-order valence-corrected chi connectivity index (χ4v) is 3.46. The van der Waals surface area contributed by atoms with Crippen LogP contribution in [0.1, 0.15) is 11.1 Å². The summed E-state index contributed by atoms with van der Waals surface area (Å²) in [5, 5.41) is 10.5. The highest BCUT2D eigenvalue weighted by Crippen LogP contribution is 2.33. The van der Waals surface area contributed by atoms with Gasteiger partial charge in [0.05, 0.1) is 38.0 Å². The Morgan fingerprint density at radius 1 is 1.26 bits per heavy atom. The van der Waals surface area contributed by atoms with Crippen LogP contribution in [-0.2, 0) is 9.47 Å². The van der Waals surface area contributed by atoms with Crippen molar-refractivity contribution < 1.29 is 14.2 Å². The van der Waals surface area contributed by atoms with E-state index in [9.17, 15) is 5.26 Å². The summed E-state index contributed by atoms with van der Waals surface area (Å²) in [4.78, 5) is 12.2. The van der Waals surface area contributed by atoms with Crippen LogP contribution >= 0.6 is 0 Å². The zero-order chi connectivity index (χ0) is 21.2. The van der Waals surface area contributed by atoms with Gasteiger partial charge < -0.3 is 24.9 Å². The number of nitrogens with one attached hydrogen (secondary N) is 1. The van der Waals surface area contributed by atoms with Crippen LogP contribution < -0.4 is 10.5 Å². The summed E-state index contributed by atoms with van der Waals surface area (Å²) in [5.74, 6) is 0.572. The van der Waals surface area contributed by atoms with Gasteiger partial charge in [0.1, 0.15) is 23.6 Å². The number of hydrogen-bond donors (Lipinski definition) is 2. The average molecular weight is 415 g/mol. The molecule has 0 unspecified atom stereocenters. The van der Waals surface area contributed by atoms with E-state index in [0.29, 0.717) is 37.7 Å². The minimum absolute atomic E-state index is 0.00688. The predicted octanol–water partition coefficient (Wildman–Crippen LogP) is 2.65. The number of aliphatic imine (C=N–C) groups is 1. The van der Waals surface area contributed by atoms with Crippen LogP contribution in [0.25, 0.3) is 27.7 Å². The van der Waals surface area contributed by atoms with E-state index in [0.717, 1.165) is 33.3 Å². The van der Waals surface area contributed by atoms with Crippen LogP contribution in [0.5, 0.6) is 5.75 Å². The smallest absolute Gasteiger partial charge is 0.145 e. The number of hydrogen-bond acceptors (Lipinski definition) is 7. The van der Waals surface area contributed by atoms with Gasteiger partial charge in [-0.25, -0.2) is 4.98 Å². The summed E-state index contributed by atoms with van der Waals surface area (Å²) in [6, 6.07) is 10.1. The first-order valence-corrected chi connectivity index (χ1v) is 10.0. The standard InChI is InChI=1S/C23H21N5O3/c24-5-15-3-14(1-2-22(15)31-19-12-30-13-19)21-9-28-23-20(21)4-16(7-27-23)17(6-25)8-26-18-10-29-11-18/h1-4,6-9,18-19H,10-13,25H2,(H,27,28)/b17-6+,26-8?. The number of nitrogens with zero attached hydrogens (tertiary/aromatic N) is 3. The van der Waals surface area contributed by atoms with Gasteiger partial charge >= 0.3 is 0 Å². The maximum atomic E-state index is 9.61. The molecule has 4 heterocycles. The Morgan fingerprint density at radius 3 is 2.77 bits per heavy atom. The number of benzene rings is 1. The first kappa shape index (κ1) is 19.3. The molecule has 2 aromatic heterocycles. The first-order valence-electron chi connectivity index (χ1n) is 10.0. The number of aromatic amines is 1. The molecule has 156 valence electrons. The van der Waals surface area contributed by atoms with Crippen LogP contribution in [0, 0.1) is 11.3 Å². The largest absolute Gasteiger partial charge is 0.484 e. The second-order valence-corrected chi connectivity index (χ2v) is 7.51. The van der Waals surface area contributed by atoms with Crippen molar-refractivity contribution in [1.82, 2.24) is 9.97 Å². The number of rotatable bonds is 6. The van der Waals surface area contributed by atoms with E-state index in [4.69, 9.17) is 19.9 Å². The number of allylic oxidation sites excluding steroid dienone is 1. The van der Waals surface area contributed by atoms with Crippen molar-refractivity contribution in [1.29, 1.82) is 5.26 Å². The van der Waals surface area contributed by atoms with E-state index >= 15 is 0 Å². The van der Waals surface area contributed by atoms with E-state index in [1.54, 1.807) is 12.4 Å². The Bertz CT molecular complexity index is 1220. The first-order chi connectivity index (χ1) is 15.2. The van der Waals surface area contributed by atoms with Crippen LogP contribution in [0.4, 0.5) is 0 Å². The summed E-state index contributed by atoms with van der Waals surface area (Å²) < 4.78 is 16.1. The van der Waals surface area contributed by atoms with Crippen molar-refractivity contribution >= 4 is 22.8 Å². The van der Waals surface area contributed by atoms with Crippen molar-refractivity contribution in [3.63, 3.8) is 0 Å². The molecule has 1 aromatic carbocycles. The van der Waals surface area contributed by atoms with E-state index in [-0.39, 0.29) is 12.1 Å². The SMILES string of the molecule is N#Cc1cc(-c2c[nH]c3ncc(/C(C=NC4COC4)=C/N)cc23)ccc1OC1COC1. The highest BCUT2D eigenvalue weighted by atomic mass is 16.6. The summed E-state index contributed by atoms with van der Waals surface area (Å²) in [6.07, 6.45) is 6.97. The van der Waals surface area contributed by atoms with Crippen molar-refractivity contribution in [2.45, 2.75) is 12.1 Å². The van der Waals surface area contributed by atoms with Crippen LogP contribution in [0.3, 0.4) is 0 Å². The maximum Gasteiger partial charge on any atom is 0.145 e. The predicted molar refractivity (Wildman–Crippen MR) is 117 cm³/mol. The quantitative estimate of drug-likeness (QED) is 0.598. The lowest BCUT2D eigenvalue weighted by molar-refractivity contribution is -0.0797. The number of pyridine rings is 1. The van der Waals surface area contributed by atoms with E-state index in [2.05, 4.69) is 21.0 Å². The van der Waals surface area contributed by atoms with Gasteiger partial charge in [0.25, 0.3) is 0 Å². The highest BCUT2D eigenvalue weighted by Gasteiger charge is 2.22. The Kier molecular flexibility index (Phi) is 5.12. The van der Waals surface area contributed by atoms with Crippen molar-refractivity contribution in [3.8, 4) is 22.9 Å². The van der Waals surface area contributed by atoms with Crippen molar-refractivity contribution in [2.75, 3.05) is 26.4 Å². The van der Waals surface area contributed by atoms with Crippen LogP contribution in [0.15, 0.2) is 47.9 Å². The molecule has 3 aromatic rings. The molecule has 8 nitrogen and oxygen atoms in total. The fourth-order valence-electron chi connectivity index (χ4n) is 3.46. The van der Waals surface area contributed by atoms with E-state index < -0.39 is 0 Å². The van der Waals surface area contributed by atoms with Gasteiger partial charge in [0.15, 0.2) is 0 Å². The third-order valence-electron chi connectivity index (χ3n) is 5.40. The molecule has 2 fully saturated rings. The van der Waals surface area contributed by atoms with Gasteiger partial charge in [-0.05, 0) is 23.8 Å². The monoisotopic (exact) mass is 415 g/mol. The lowest BCUT2D eigenvalue weighted by Gasteiger charge is -2.27. The Labute approximate surface area is 179 Å². The van der Waals surface area contributed by atoms with Gasteiger partial charge in [0, 0.05) is 46.9 Å². The van der Waals surface area contributed by atoms with Gasteiger partial charge in [0.2, 0.25) is 0 Å². The molecule has 0 aliphatic carbocycles. The Morgan fingerprint density at radius 2 is 2.10 bits per heavy atom. The topological polar surface area (TPSA) is 119 Å². The molecule has 2 aliphatic rings. The van der Waals surface area contributed by atoms with Gasteiger partial charge in [-0.1, -0.05) is 6.07 Å². The fraction of sp³-hybridized carbons (Fsp3) is 0.261. The summed E-state index contributed by atoms with van der Waals surface area (Å²) >= 11 is 0. The number of nitriles is 1. The molecule has 2 aliphatic heterocycles. The van der Waals surface area contributed by atoms with Gasteiger partial charge in [-0.2, -0.15) is 5.26 Å². The van der Waals surface area contributed by atoms with E-state index in [1.807, 2.05) is 30.5 Å². The number of aromatic nitrogens is 2.